The van der Waals surface area contributed by atoms with Gasteiger partial charge in [0.2, 0.25) is 21.6 Å². The molecular formula is C31H37FN4O5S. The number of rotatable bonds is 10. The molecule has 1 saturated heterocycles. The van der Waals surface area contributed by atoms with Crippen molar-refractivity contribution >= 4 is 21.4 Å². The molecule has 0 radical (unpaired) electrons. The number of nitrogens with zero attached hydrogens (tertiary/aromatic N) is 3. The molecule has 3 heterocycles. The normalized spacial score (nSPS) is 19.5. The zero-order valence-corrected chi connectivity index (χ0v) is 25.2. The molecule has 2 aliphatic heterocycles. The van der Waals surface area contributed by atoms with Crippen LogP contribution in [-0.2, 0) is 20.0 Å². The van der Waals surface area contributed by atoms with Crippen molar-refractivity contribution in [3.63, 3.8) is 0 Å². The Bertz CT molecular complexity index is 1560. The molecule has 1 unspecified atom stereocenters. The van der Waals surface area contributed by atoms with E-state index in [0.29, 0.717) is 18.7 Å². The van der Waals surface area contributed by atoms with Crippen LogP contribution in [-0.4, -0.2) is 82.1 Å². The lowest BCUT2D eigenvalue weighted by atomic mass is 9.74. The van der Waals surface area contributed by atoms with E-state index in [-0.39, 0.29) is 45.1 Å². The number of piperazine rings is 1. The van der Waals surface area contributed by atoms with Crippen LogP contribution in [0.1, 0.15) is 37.9 Å². The Balaban J connectivity index is 1.59. The van der Waals surface area contributed by atoms with Crippen molar-refractivity contribution in [1.29, 1.82) is 0 Å². The number of ether oxygens (including phenoxy) is 2. The lowest BCUT2D eigenvalue weighted by molar-refractivity contribution is -0.120. The highest BCUT2D eigenvalue weighted by Gasteiger charge is 2.52. The Morgan fingerprint density at radius 2 is 1.76 bits per heavy atom. The first kappa shape index (κ1) is 29.9. The third-order valence-corrected chi connectivity index (χ3v) is 9.74. The number of methoxy groups -OCH3 is 1. The number of likely N-dealkylation sites (N-methyl/N-ethyl adjacent to an activating group) is 1. The van der Waals surface area contributed by atoms with Gasteiger partial charge in [-0.25, -0.2) is 17.8 Å². The molecule has 0 aliphatic carbocycles. The van der Waals surface area contributed by atoms with Crippen molar-refractivity contribution in [2.24, 2.45) is 0 Å². The van der Waals surface area contributed by atoms with Crippen molar-refractivity contribution < 1.29 is 27.1 Å². The fourth-order valence-corrected chi connectivity index (χ4v) is 7.15. The van der Waals surface area contributed by atoms with Gasteiger partial charge in [0, 0.05) is 37.8 Å². The van der Waals surface area contributed by atoms with Gasteiger partial charge in [-0.05, 0) is 70.6 Å². The maximum absolute atomic E-state index is 15.5. The highest BCUT2D eigenvalue weighted by molar-refractivity contribution is 7.91. The van der Waals surface area contributed by atoms with E-state index in [9.17, 15) is 13.2 Å². The third-order valence-electron chi connectivity index (χ3n) is 7.95. The summed E-state index contributed by atoms with van der Waals surface area (Å²) in [5.74, 6) is -0.522. The molecule has 1 aromatic heterocycles. The highest BCUT2D eigenvalue weighted by Crippen LogP contribution is 2.49. The molecule has 1 amide bonds. The monoisotopic (exact) mass is 596 g/mol. The van der Waals surface area contributed by atoms with E-state index in [2.05, 4.69) is 27.1 Å². The quantitative estimate of drug-likeness (QED) is 0.373. The van der Waals surface area contributed by atoms with Crippen LogP contribution >= 0.6 is 0 Å². The van der Waals surface area contributed by atoms with Gasteiger partial charge in [0.1, 0.15) is 21.9 Å². The van der Waals surface area contributed by atoms with Crippen molar-refractivity contribution in [1.82, 2.24) is 14.8 Å². The number of carbonyl (C=O) groups excluding carboxylic acids is 1. The van der Waals surface area contributed by atoms with Gasteiger partial charge in [0.25, 0.3) is 0 Å². The van der Waals surface area contributed by atoms with Gasteiger partial charge in [-0.3, -0.25) is 4.79 Å². The van der Waals surface area contributed by atoms with Gasteiger partial charge in [0.05, 0.1) is 29.5 Å². The number of hydrogen-bond donors (Lipinski definition) is 1. The second kappa shape index (κ2) is 12.0. The summed E-state index contributed by atoms with van der Waals surface area (Å²) in [6.07, 6.45) is 0.738. The Kier molecular flexibility index (Phi) is 8.54. The molecule has 1 fully saturated rings. The van der Waals surface area contributed by atoms with Gasteiger partial charge in [-0.1, -0.05) is 18.2 Å². The molecule has 0 saturated carbocycles. The summed E-state index contributed by atoms with van der Waals surface area (Å²) in [4.78, 5) is 23.1. The number of amides is 1. The van der Waals surface area contributed by atoms with Crippen LogP contribution in [0.15, 0.2) is 64.4 Å². The molecule has 0 bridgehead atoms. The third kappa shape index (κ3) is 5.60. The van der Waals surface area contributed by atoms with Crippen LogP contribution in [0.5, 0.6) is 11.6 Å². The zero-order chi connectivity index (χ0) is 30.1. The van der Waals surface area contributed by atoms with E-state index in [1.165, 1.54) is 31.4 Å². The number of benzene rings is 2. The van der Waals surface area contributed by atoms with E-state index in [4.69, 9.17) is 9.47 Å². The van der Waals surface area contributed by atoms with Crippen molar-refractivity contribution in [2.45, 2.75) is 48.0 Å². The first-order chi connectivity index (χ1) is 20.1. The fraction of sp³-hybridized carbons (Fsp3) is 0.419. The van der Waals surface area contributed by atoms with Crippen LogP contribution in [0.2, 0.25) is 0 Å². The second-order valence-electron chi connectivity index (χ2n) is 11.1. The summed E-state index contributed by atoms with van der Waals surface area (Å²) in [6.45, 7) is 8.19. The first-order valence-corrected chi connectivity index (χ1v) is 15.6. The first-order valence-electron chi connectivity index (χ1n) is 14.1. The van der Waals surface area contributed by atoms with E-state index >= 15 is 4.39 Å². The number of sulfone groups is 1. The van der Waals surface area contributed by atoms with E-state index < -0.39 is 27.0 Å². The minimum Gasteiger partial charge on any atom is -0.491 e. The summed E-state index contributed by atoms with van der Waals surface area (Å²) in [6, 6.07) is 13.5. The average molecular weight is 597 g/mol. The van der Waals surface area contributed by atoms with Crippen LogP contribution in [0.4, 0.5) is 10.1 Å². The molecule has 9 nitrogen and oxygen atoms in total. The summed E-state index contributed by atoms with van der Waals surface area (Å²) < 4.78 is 54.6. The molecule has 1 atom stereocenters. The minimum atomic E-state index is -4.15. The molecular weight excluding hydrogens is 559 g/mol. The summed E-state index contributed by atoms with van der Waals surface area (Å²) in [7, 11) is -0.681. The van der Waals surface area contributed by atoms with E-state index in [1.54, 1.807) is 30.3 Å². The Morgan fingerprint density at radius 3 is 2.40 bits per heavy atom. The molecule has 5 rings (SSSR count). The number of hydrogen-bond acceptors (Lipinski definition) is 8. The average Bonchev–Trinajstić information content (AvgIpc) is 3.25. The number of pyridine rings is 1. The van der Waals surface area contributed by atoms with E-state index in [0.717, 1.165) is 26.2 Å². The maximum atomic E-state index is 15.5. The molecule has 3 aromatic rings. The number of anilines is 1. The van der Waals surface area contributed by atoms with E-state index in [1.807, 2.05) is 13.8 Å². The Labute approximate surface area is 246 Å². The molecule has 2 aromatic carbocycles. The Hall–Kier alpha value is -3.54. The summed E-state index contributed by atoms with van der Waals surface area (Å²) in [5, 5.41) is 2.79. The maximum Gasteiger partial charge on any atom is 0.241 e. The van der Waals surface area contributed by atoms with Gasteiger partial charge in [-0.15, -0.1) is 0 Å². The van der Waals surface area contributed by atoms with Crippen LogP contribution in [0.3, 0.4) is 0 Å². The molecule has 1 N–H and O–H groups in total. The SMILES string of the molecule is COc1cc(S(=O)(=O)c2ccc(OC(C)C)cc2)c2c(n1)C(CCCN1CCN(C)CC1)(c1ccccc1F)C(=O)N2. The number of nitrogens with one attached hydrogen (secondary N) is 1. The van der Waals surface area contributed by atoms with Crippen molar-refractivity contribution in [3.05, 3.63) is 71.7 Å². The molecule has 2 aliphatic rings. The number of aromatic nitrogens is 1. The number of halogens is 1. The largest absolute Gasteiger partial charge is 0.491 e. The zero-order valence-electron chi connectivity index (χ0n) is 24.4. The van der Waals surface area contributed by atoms with Gasteiger partial charge >= 0.3 is 0 Å². The topological polar surface area (TPSA) is 101 Å². The van der Waals surface area contributed by atoms with Gasteiger partial charge in [-0.2, -0.15) is 0 Å². The molecule has 11 heteroatoms. The molecule has 224 valence electrons. The Morgan fingerprint density at radius 1 is 1.07 bits per heavy atom. The van der Waals surface area contributed by atoms with Gasteiger partial charge < -0.3 is 24.6 Å². The van der Waals surface area contributed by atoms with Gasteiger partial charge in [0.15, 0.2) is 0 Å². The number of fused-ring (bicyclic) bond motifs is 1. The predicted octanol–water partition coefficient (Wildman–Crippen LogP) is 4.12. The lowest BCUT2D eigenvalue weighted by Gasteiger charge is -2.33. The summed E-state index contributed by atoms with van der Waals surface area (Å²) >= 11 is 0. The highest BCUT2D eigenvalue weighted by atomic mass is 32.2. The molecule has 42 heavy (non-hydrogen) atoms. The number of carbonyl (C=O) groups is 1. The summed E-state index contributed by atoms with van der Waals surface area (Å²) in [5.41, 5.74) is -1.19. The van der Waals surface area contributed by atoms with Crippen LogP contribution < -0.4 is 14.8 Å². The smallest absolute Gasteiger partial charge is 0.241 e. The van der Waals surface area contributed by atoms with Crippen molar-refractivity contribution in [2.75, 3.05) is 52.2 Å². The minimum absolute atomic E-state index is 0.0155. The fourth-order valence-electron chi connectivity index (χ4n) is 5.73. The van der Waals surface area contributed by atoms with Crippen LogP contribution in [0.25, 0.3) is 0 Å². The lowest BCUT2D eigenvalue weighted by Crippen LogP contribution is -2.45. The standard InChI is InChI=1S/C31H37FN4O5S/c1-21(2)41-22-10-12-23(13-11-22)42(38,39)26-20-27(40-4)33-29-28(26)34-30(37)31(29,24-8-5-6-9-25(24)32)14-7-15-36-18-16-35(3)17-19-36/h5-6,8-13,20-21H,7,14-19H2,1-4H3,(H,34,37). The van der Waals surface area contributed by atoms with Crippen LogP contribution in [0, 0.1) is 5.82 Å². The second-order valence-corrected chi connectivity index (χ2v) is 13.0. The molecule has 0 spiro atoms. The predicted molar refractivity (Wildman–Crippen MR) is 157 cm³/mol. The van der Waals surface area contributed by atoms with Crippen molar-refractivity contribution in [3.8, 4) is 11.6 Å².